The van der Waals surface area contributed by atoms with Gasteiger partial charge >= 0.3 is 5.97 Å². The third kappa shape index (κ3) is 4.67. The first-order valence-corrected chi connectivity index (χ1v) is 9.87. The van der Waals surface area contributed by atoms with E-state index in [1.54, 1.807) is 32.9 Å². The highest BCUT2D eigenvalue weighted by atomic mass is 16.5. The van der Waals surface area contributed by atoms with Crippen molar-refractivity contribution in [2.75, 3.05) is 6.61 Å². The van der Waals surface area contributed by atoms with Crippen molar-refractivity contribution in [2.24, 2.45) is 11.8 Å². The molecule has 0 bridgehead atoms. The molecule has 0 radical (unpaired) electrons. The largest absolute Gasteiger partial charge is 0.454 e. The van der Waals surface area contributed by atoms with Gasteiger partial charge in [-0.2, -0.15) is 5.26 Å². The summed E-state index contributed by atoms with van der Waals surface area (Å²) < 4.78 is 5.14. The van der Waals surface area contributed by atoms with Gasteiger partial charge in [-0.15, -0.1) is 0 Å². The Kier molecular flexibility index (Phi) is 6.98. The quantitative estimate of drug-likeness (QED) is 0.516. The summed E-state index contributed by atoms with van der Waals surface area (Å²) in [5, 5.41) is 11.9. The van der Waals surface area contributed by atoms with Gasteiger partial charge in [0.15, 0.2) is 6.61 Å². The van der Waals surface area contributed by atoms with E-state index in [1.807, 2.05) is 19.9 Å². The van der Waals surface area contributed by atoms with Gasteiger partial charge in [0.1, 0.15) is 11.6 Å². The number of esters is 1. The predicted octanol–water partition coefficient (Wildman–Crippen LogP) is 2.29. The fourth-order valence-corrected chi connectivity index (χ4v) is 3.10. The van der Waals surface area contributed by atoms with Crippen molar-refractivity contribution in [1.29, 1.82) is 5.26 Å². The van der Waals surface area contributed by atoms with Gasteiger partial charge in [0.05, 0.1) is 17.2 Å². The molecule has 2 atom stereocenters. The van der Waals surface area contributed by atoms with Crippen molar-refractivity contribution in [3.8, 4) is 6.07 Å². The Morgan fingerprint density at radius 2 is 1.67 bits per heavy atom. The van der Waals surface area contributed by atoms with E-state index < -0.39 is 41.9 Å². The molecule has 0 saturated carbocycles. The molecule has 0 fully saturated rings. The van der Waals surface area contributed by atoms with E-state index in [4.69, 9.17) is 4.74 Å². The zero-order valence-corrected chi connectivity index (χ0v) is 17.9. The van der Waals surface area contributed by atoms with Crippen molar-refractivity contribution in [3.05, 3.63) is 35.4 Å². The van der Waals surface area contributed by atoms with Crippen LogP contribution in [-0.2, 0) is 14.3 Å². The Labute approximate surface area is 176 Å². The Morgan fingerprint density at radius 1 is 1.13 bits per heavy atom. The molecule has 1 aromatic carbocycles. The number of nitrogens with zero attached hydrogens (tertiary/aromatic N) is 2. The lowest BCUT2D eigenvalue weighted by atomic mass is 9.90. The fourth-order valence-electron chi connectivity index (χ4n) is 3.10. The molecule has 30 heavy (non-hydrogen) atoms. The van der Waals surface area contributed by atoms with E-state index in [0.29, 0.717) is 0 Å². The number of rotatable bonds is 8. The maximum Gasteiger partial charge on any atom is 0.329 e. The molecule has 2 rings (SSSR count). The number of amides is 3. The number of carbonyl (C=O) groups is 4. The third-order valence-corrected chi connectivity index (χ3v) is 5.24. The van der Waals surface area contributed by atoms with E-state index in [1.165, 1.54) is 12.1 Å². The number of nitrogens with one attached hydrogen (secondary N) is 1. The molecule has 160 valence electrons. The van der Waals surface area contributed by atoms with Crippen LogP contribution in [-0.4, -0.2) is 46.8 Å². The van der Waals surface area contributed by atoms with Crippen LogP contribution in [0.5, 0.6) is 0 Å². The van der Waals surface area contributed by atoms with E-state index in [-0.39, 0.29) is 29.4 Å². The van der Waals surface area contributed by atoms with Crippen molar-refractivity contribution < 1.29 is 23.9 Å². The number of hydrogen-bond donors (Lipinski definition) is 1. The molecule has 0 unspecified atom stereocenters. The molecule has 8 nitrogen and oxygen atoms in total. The number of hydrogen-bond acceptors (Lipinski definition) is 6. The van der Waals surface area contributed by atoms with Gasteiger partial charge in [-0.1, -0.05) is 39.8 Å². The average Bonchev–Trinajstić information content (AvgIpc) is 2.94. The van der Waals surface area contributed by atoms with Crippen LogP contribution < -0.4 is 5.32 Å². The number of ether oxygens (including phenoxy) is 1. The summed E-state index contributed by atoms with van der Waals surface area (Å²) in [7, 11) is 0. The predicted molar refractivity (Wildman–Crippen MR) is 108 cm³/mol. The first kappa shape index (κ1) is 23.1. The second-order valence-electron chi connectivity index (χ2n) is 8.30. The molecular formula is C22H27N3O5. The minimum atomic E-state index is -1.14. The van der Waals surface area contributed by atoms with Crippen LogP contribution >= 0.6 is 0 Å². The molecule has 0 aromatic heterocycles. The first-order valence-electron chi connectivity index (χ1n) is 9.87. The summed E-state index contributed by atoms with van der Waals surface area (Å²) in [6.07, 6.45) is 0.202. The Bertz CT molecular complexity index is 867. The molecule has 1 N–H and O–H groups in total. The Hall–Kier alpha value is -3.21. The molecule has 0 spiro atoms. The maximum atomic E-state index is 12.8. The summed E-state index contributed by atoms with van der Waals surface area (Å²) in [5.74, 6) is -2.75. The van der Waals surface area contributed by atoms with Gasteiger partial charge < -0.3 is 10.1 Å². The van der Waals surface area contributed by atoms with Gasteiger partial charge in [0, 0.05) is 0 Å². The fraction of sp³-hybridized carbons (Fsp3) is 0.500. The lowest BCUT2D eigenvalue weighted by Crippen LogP contribution is -2.51. The summed E-state index contributed by atoms with van der Waals surface area (Å²) in [6, 6.07) is 7.27. The van der Waals surface area contributed by atoms with Gasteiger partial charge in [0.2, 0.25) is 0 Å². The van der Waals surface area contributed by atoms with Crippen LogP contribution in [0.3, 0.4) is 0 Å². The van der Waals surface area contributed by atoms with E-state index in [9.17, 15) is 24.4 Å². The smallest absolute Gasteiger partial charge is 0.329 e. The second-order valence-corrected chi connectivity index (χ2v) is 8.30. The highest BCUT2D eigenvalue weighted by molar-refractivity contribution is 6.22. The van der Waals surface area contributed by atoms with Crippen molar-refractivity contribution >= 4 is 23.7 Å². The van der Waals surface area contributed by atoms with Crippen LogP contribution in [0.15, 0.2) is 24.3 Å². The summed E-state index contributed by atoms with van der Waals surface area (Å²) >= 11 is 0. The van der Waals surface area contributed by atoms with E-state index >= 15 is 0 Å². The second kappa shape index (κ2) is 9.08. The molecule has 1 aromatic rings. The Balaban J connectivity index is 2.14. The van der Waals surface area contributed by atoms with Crippen LogP contribution in [0.2, 0.25) is 0 Å². The van der Waals surface area contributed by atoms with Gasteiger partial charge in [-0.05, 0) is 37.3 Å². The van der Waals surface area contributed by atoms with Gasteiger partial charge in [-0.3, -0.25) is 19.3 Å². The molecule has 0 aliphatic carbocycles. The topological polar surface area (TPSA) is 117 Å². The number of carbonyl (C=O) groups excluding carboxylic acids is 4. The molecule has 1 aliphatic rings. The lowest BCUT2D eigenvalue weighted by molar-refractivity contribution is -0.153. The molecule has 8 heteroatoms. The molecule has 3 amide bonds. The van der Waals surface area contributed by atoms with Crippen LogP contribution in [0.1, 0.15) is 61.8 Å². The normalized spacial score (nSPS) is 16.1. The van der Waals surface area contributed by atoms with Crippen molar-refractivity contribution in [3.63, 3.8) is 0 Å². The van der Waals surface area contributed by atoms with Crippen LogP contribution in [0.25, 0.3) is 0 Å². The van der Waals surface area contributed by atoms with Gasteiger partial charge in [0.25, 0.3) is 17.7 Å². The average molecular weight is 413 g/mol. The third-order valence-electron chi connectivity index (χ3n) is 5.24. The van der Waals surface area contributed by atoms with Crippen LogP contribution in [0, 0.1) is 23.2 Å². The number of fused-ring (bicyclic) bond motifs is 1. The molecule has 1 aliphatic heterocycles. The zero-order valence-electron chi connectivity index (χ0n) is 17.9. The monoisotopic (exact) mass is 413 g/mol. The minimum Gasteiger partial charge on any atom is -0.454 e. The summed E-state index contributed by atoms with van der Waals surface area (Å²) in [6.45, 7) is 8.25. The molecular weight excluding hydrogens is 386 g/mol. The van der Waals surface area contributed by atoms with E-state index in [0.717, 1.165) is 4.90 Å². The highest BCUT2D eigenvalue weighted by Gasteiger charge is 2.43. The summed E-state index contributed by atoms with van der Waals surface area (Å²) in [5.41, 5.74) is -0.629. The first-order chi connectivity index (χ1) is 14.0. The van der Waals surface area contributed by atoms with E-state index in [2.05, 4.69) is 5.32 Å². The van der Waals surface area contributed by atoms with Crippen molar-refractivity contribution in [2.45, 2.75) is 52.6 Å². The minimum absolute atomic E-state index is 0.0106. The van der Waals surface area contributed by atoms with Crippen LogP contribution in [0.4, 0.5) is 0 Å². The molecule has 0 saturated heterocycles. The number of imide groups is 1. The Morgan fingerprint density at radius 3 is 2.10 bits per heavy atom. The van der Waals surface area contributed by atoms with Crippen molar-refractivity contribution in [1.82, 2.24) is 10.2 Å². The maximum absolute atomic E-state index is 12.8. The SMILES string of the molecule is CC(C)C[C@@H](C(=O)OCC(=O)N[C@](C)(C#N)C(C)C)N1C(=O)c2ccccc2C1=O. The zero-order chi connectivity index (χ0) is 22.6. The highest BCUT2D eigenvalue weighted by Crippen LogP contribution is 2.27. The van der Waals surface area contributed by atoms with Gasteiger partial charge in [-0.25, -0.2) is 4.79 Å². The molecule has 1 heterocycles. The number of benzene rings is 1. The summed E-state index contributed by atoms with van der Waals surface area (Å²) in [4.78, 5) is 51.4. The lowest BCUT2D eigenvalue weighted by Gasteiger charge is -2.28. The number of nitriles is 1. The standard InChI is InChI=1S/C22H27N3O5/c1-13(2)10-17(25-19(27)15-8-6-7-9-16(15)20(25)28)21(29)30-11-18(26)24-22(5,12-23)14(3)4/h6-9,13-14,17H,10-11H2,1-5H3,(H,24,26)/t17-,22+/m0/s1.